The van der Waals surface area contributed by atoms with E-state index in [9.17, 15) is 0 Å². The predicted octanol–water partition coefficient (Wildman–Crippen LogP) is 4.31. The number of rotatable bonds is 2. The second kappa shape index (κ2) is 5.53. The zero-order chi connectivity index (χ0) is 15.0. The van der Waals surface area contributed by atoms with Gasteiger partial charge in [0.1, 0.15) is 11.6 Å². The molecule has 0 aliphatic carbocycles. The highest BCUT2D eigenvalue weighted by atomic mass is 35.5. The van der Waals surface area contributed by atoms with Gasteiger partial charge in [0.15, 0.2) is 5.15 Å². The molecule has 0 amide bonds. The van der Waals surface area contributed by atoms with Crippen LogP contribution in [0.1, 0.15) is 11.1 Å². The third-order valence-electron chi connectivity index (χ3n) is 3.05. The summed E-state index contributed by atoms with van der Waals surface area (Å²) in [6, 6.07) is 9.02. The quantitative estimate of drug-likeness (QED) is 0.700. The van der Waals surface area contributed by atoms with E-state index in [2.05, 4.69) is 10.1 Å². The molecular weight excluding hydrogens is 331 g/mol. The Balaban J connectivity index is 2.15. The van der Waals surface area contributed by atoms with E-state index in [4.69, 9.17) is 40.1 Å². The first kappa shape index (κ1) is 14.2. The molecule has 0 saturated heterocycles. The third-order valence-corrected chi connectivity index (χ3v) is 4.01. The van der Waals surface area contributed by atoms with Crippen LogP contribution in [0.15, 0.2) is 30.5 Å². The summed E-state index contributed by atoms with van der Waals surface area (Å²) in [5, 5.41) is 14.6. The van der Waals surface area contributed by atoms with Crippen LogP contribution in [0.4, 0.5) is 0 Å². The van der Waals surface area contributed by atoms with Crippen LogP contribution < -0.4 is 0 Å². The fourth-order valence-corrected chi connectivity index (χ4v) is 2.78. The molecule has 0 radical (unpaired) electrons. The van der Waals surface area contributed by atoms with Crippen LogP contribution in [0.2, 0.25) is 15.2 Å². The Labute approximate surface area is 135 Å². The zero-order valence-electron chi connectivity index (χ0n) is 10.5. The molecule has 0 aliphatic heterocycles. The standard InChI is InChI=1S/C14H7Cl3N4/c15-10-2-1-3-11(16)9(10)7-21-12-4-8(5-18)6-19-13(12)14(17)20-21/h1-4,6H,7H2. The number of nitriles is 1. The van der Waals surface area contributed by atoms with Crippen molar-refractivity contribution in [3.05, 3.63) is 56.8 Å². The van der Waals surface area contributed by atoms with Gasteiger partial charge in [0.05, 0.1) is 17.6 Å². The van der Waals surface area contributed by atoms with E-state index in [1.165, 1.54) is 6.20 Å². The molecule has 3 rings (SSSR count). The largest absolute Gasteiger partial charge is 0.257 e. The third kappa shape index (κ3) is 2.56. The monoisotopic (exact) mass is 336 g/mol. The fraction of sp³-hybridized carbons (Fsp3) is 0.0714. The lowest BCUT2D eigenvalue weighted by Gasteiger charge is -2.08. The van der Waals surface area contributed by atoms with Crippen molar-refractivity contribution in [3.63, 3.8) is 0 Å². The minimum absolute atomic E-state index is 0.276. The smallest absolute Gasteiger partial charge is 0.177 e. The highest BCUT2D eigenvalue weighted by Gasteiger charge is 2.14. The molecule has 7 heteroatoms. The number of hydrogen-bond acceptors (Lipinski definition) is 3. The number of aromatic nitrogens is 3. The van der Waals surface area contributed by atoms with Crippen molar-refractivity contribution in [2.45, 2.75) is 6.54 Å². The Kier molecular flexibility index (Phi) is 3.73. The summed E-state index contributed by atoms with van der Waals surface area (Å²) >= 11 is 18.4. The van der Waals surface area contributed by atoms with Crippen LogP contribution in [0.5, 0.6) is 0 Å². The minimum atomic E-state index is 0.276. The van der Waals surface area contributed by atoms with Crippen LogP contribution in [-0.2, 0) is 6.54 Å². The average Bonchev–Trinajstić information content (AvgIpc) is 2.79. The lowest BCUT2D eigenvalue weighted by atomic mass is 10.2. The van der Waals surface area contributed by atoms with Crippen LogP contribution in [0, 0.1) is 11.3 Å². The molecular formula is C14H7Cl3N4. The van der Waals surface area contributed by atoms with E-state index in [1.807, 2.05) is 6.07 Å². The molecule has 0 saturated carbocycles. The van der Waals surface area contributed by atoms with E-state index in [0.717, 1.165) is 5.56 Å². The van der Waals surface area contributed by atoms with E-state index in [-0.39, 0.29) is 5.15 Å². The summed E-state index contributed by atoms with van der Waals surface area (Å²) in [5.41, 5.74) is 2.38. The predicted molar refractivity (Wildman–Crippen MR) is 82.8 cm³/mol. The molecule has 0 bridgehead atoms. The second-order valence-corrected chi connectivity index (χ2v) is 5.52. The molecule has 0 fully saturated rings. The van der Waals surface area contributed by atoms with Gasteiger partial charge in [-0.15, -0.1) is 0 Å². The van der Waals surface area contributed by atoms with Gasteiger partial charge in [0.2, 0.25) is 0 Å². The molecule has 3 aromatic rings. The van der Waals surface area contributed by atoms with Gasteiger partial charge < -0.3 is 0 Å². The number of nitrogens with zero attached hydrogens (tertiary/aromatic N) is 4. The number of fused-ring (bicyclic) bond motifs is 1. The van der Waals surface area contributed by atoms with Crippen molar-refractivity contribution in [2.24, 2.45) is 0 Å². The zero-order valence-corrected chi connectivity index (χ0v) is 12.8. The fourth-order valence-electron chi connectivity index (χ4n) is 2.03. The van der Waals surface area contributed by atoms with Gasteiger partial charge in [0, 0.05) is 21.8 Å². The summed E-state index contributed by atoms with van der Waals surface area (Å²) < 4.78 is 1.64. The molecule has 1 aromatic carbocycles. The van der Waals surface area contributed by atoms with Crippen molar-refractivity contribution < 1.29 is 0 Å². The Morgan fingerprint density at radius 3 is 2.57 bits per heavy atom. The van der Waals surface area contributed by atoms with Gasteiger partial charge in [-0.3, -0.25) is 4.68 Å². The van der Waals surface area contributed by atoms with E-state index in [1.54, 1.807) is 28.9 Å². The van der Waals surface area contributed by atoms with Crippen molar-refractivity contribution in [1.82, 2.24) is 14.8 Å². The lowest BCUT2D eigenvalue weighted by molar-refractivity contribution is 0.712. The number of benzene rings is 1. The minimum Gasteiger partial charge on any atom is -0.257 e. The van der Waals surface area contributed by atoms with Crippen molar-refractivity contribution >= 4 is 45.8 Å². The van der Waals surface area contributed by atoms with Gasteiger partial charge in [-0.1, -0.05) is 40.9 Å². The van der Waals surface area contributed by atoms with E-state index in [0.29, 0.717) is 33.2 Å². The molecule has 0 N–H and O–H groups in total. The summed E-state index contributed by atoms with van der Waals surface area (Å²) in [7, 11) is 0. The molecule has 104 valence electrons. The summed E-state index contributed by atoms with van der Waals surface area (Å²) in [6.07, 6.45) is 1.46. The second-order valence-electron chi connectivity index (χ2n) is 4.35. The maximum Gasteiger partial charge on any atom is 0.177 e. The molecule has 21 heavy (non-hydrogen) atoms. The molecule has 4 nitrogen and oxygen atoms in total. The van der Waals surface area contributed by atoms with Gasteiger partial charge in [-0.05, 0) is 18.2 Å². The van der Waals surface area contributed by atoms with Gasteiger partial charge in [-0.25, -0.2) is 4.98 Å². The lowest BCUT2D eigenvalue weighted by Crippen LogP contribution is -2.03. The van der Waals surface area contributed by atoms with Gasteiger partial charge in [0.25, 0.3) is 0 Å². The Bertz CT molecular complexity index is 860. The normalized spacial score (nSPS) is 10.8. The topological polar surface area (TPSA) is 54.5 Å². The highest BCUT2D eigenvalue weighted by Crippen LogP contribution is 2.28. The van der Waals surface area contributed by atoms with Crippen LogP contribution in [-0.4, -0.2) is 14.8 Å². The first-order chi connectivity index (χ1) is 10.1. The van der Waals surface area contributed by atoms with Crippen LogP contribution >= 0.6 is 34.8 Å². The molecule has 0 spiro atoms. The first-order valence-corrected chi connectivity index (χ1v) is 7.08. The Hall–Kier alpha value is -1.80. The Morgan fingerprint density at radius 1 is 1.19 bits per heavy atom. The van der Waals surface area contributed by atoms with E-state index >= 15 is 0 Å². The average molecular weight is 338 g/mol. The van der Waals surface area contributed by atoms with Crippen molar-refractivity contribution in [2.75, 3.05) is 0 Å². The Morgan fingerprint density at radius 2 is 1.90 bits per heavy atom. The molecule has 0 aliphatic rings. The molecule has 2 aromatic heterocycles. The maximum absolute atomic E-state index is 8.98. The number of hydrogen-bond donors (Lipinski definition) is 0. The molecule has 2 heterocycles. The highest BCUT2D eigenvalue weighted by molar-refractivity contribution is 6.36. The van der Waals surface area contributed by atoms with Gasteiger partial charge in [-0.2, -0.15) is 10.4 Å². The molecule has 0 atom stereocenters. The number of pyridine rings is 1. The summed E-state index contributed by atoms with van der Waals surface area (Å²) in [4.78, 5) is 4.15. The van der Waals surface area contributed by atoms with Gasteiger partial charge >= 0.3 is 0 Å². The summed E-state index contributed by atoms with van der Waals surface area (Å²) in [6.45, 7) is 0.346. The number of halogens is 3. The SMILES string of the molecule is N#Cc1cnc2c(Cl)nn(Cc3c(Cl)cccc3Cl)c2c1. The van der Waals surface area contributed by atoms with E-state index < -0.39 is 0 Å². The molecule has 0 unspecified atom stereocenters. The van der Waals surface area contributed by atoms with Crippen LogP contribution in [0.3, 0.4) is 0 Å². The first-order valence-electron chi connectivity index (χ1n) is 5.95. The summed E-state index contributed by atoms with van der Waals surface area (Å²) in [5.74, 6) is 0. The maximum atomic E-state index is 8.98. The van der Waals surface area contributed by atoms with Crippen molar-refractivity contribution in [1.29, 1.82) is 5.26 Å². The van der Waals surface area contributed by atoms with Crippen LogP contribution in [0.25, 0.3) is 11.0 Å². The van der Waals surface area contributed by atoms with Crippen molar-refractivity contribution in [3.8, 4) is 6.07 Å².